The highest BCUT2D eigenvalue weighted by Crippen LogP contribution is 2.28. The molecule has 1 aliphatic heterocycles. The molecule has 2 amide bonds. The number of carboxylic acids is 1. The van der Waals surface area contributed by atoms with Gasteiger partial charge >= 0.3 is 12.6 Å². The molecule has 40 heavy (non-hydrogen) atoms. The van der Waals surface area contributed by atoms with Crippen LogP contribution in [0.4, 0.5) is 13.2 Å². The number of benzene rings is 1. The van der Waals surface area contributed by atoms with Gasteiger partial charge in [0.05, 0.1) is 49.6 Å². The summed E-state index contributed by atoms with van der Waals surface area (Å²) in [7, 11) is 0. The molecule has 0 radical (unpaired) electrons. The Bertz CT molecular complexity index is 1430. The maximum absolute atomic E-state index is 13.4. The van der Waals surface area contributed by atoms with Crippen molar-refractivity contribution in [2.75, 3.05) is 19.6 Å². The molecule has 2 aromatic rings. The highest BCUT2D eigenvalue weighted by molar-refractivity contribution is 9.10. The number of aromatic nitrogens is 2. The van der Waals surface area contributed by atoms with Crippen LogP contribution in [0.25, 0.3) is 11.8 Å². The van der Waals surface area contributed by atoms with Crippen molar-refractivity contribution in [3.63, 3.8) is 0 Å². The molecule has 2 unspecified atom stereocenters. The minimum Gasteiger partial charge on any atom is -0.481 e. The number of nitrogens with zero attached hydrogens (tertiary/aromatic N) is 2. The van der Waals surface area contributed by atoms with Crippen LogP contribution in [-0.4, -0.2) is 71.5 Å². The van der Waals surface area contributed by atoms with Gasteiger partial charge in [-0.1, -0.05) is 15.9 Å². The first-order valence-corrected chi connectivity index (χ1v) is 12.8. The molecule has 1 aromatic carbocycles. The van der Waals surface area contributed by atoms with Crippen molar-refractivity contribution in [2.24, 2.45) is 10.9 Å². The molecule has 0 bridgehead atoms. The molecule has 0 fully saturated rings. The third-order valence-corrected chi connectivity index (χ3v) is 6.45. The van der Waals surface area contributed by atoms with Gasteiger partial charge in [-0.3, -0.25) is 19.5 Å². The molecule has 3 atom stereocenters. The van der Waals surface area contributed by atoms with E-state index in [4.69, 9.17) is 0 Å². The summed E-state index contributed by atoms with van der Waals surface area (Å²) in [6, 6.07) is 2.85. The first kappa shape index (κ1) is 28.9. The molecule has 4 rings (SSSR count). The van der Waals surface area contributed by atoms with Crippen molar-refractivity contribution in [3.05, 3.63) is 45.0 Å². The van der Waals surface area contributed by atoms with Crippen molar-refractivity contribution in [3.8, 4) is 5.75 Å². The number of aromatic amines is 1. The maximum atomic E-state index is 13.4. The van der Waals surface area contributed by atoms with Crippen LogP contribution < -0.4 is 36.6 Å². The highest BCUT2D eigenvalue weighted by atomic mass is 79.9. The van der Waals surface area contributed by atoms with Crippen molar-refractivity contribution in [1.29, 1.82) is 0 Å². The Kier molecular flexibility index (Phi) is 9.29. The number of alkyl halides is 3. The molecule has 2 aliphatic rings. The van der Waals surface area contributed by atoms with E-state index in [2.05, 4.69) is 57.1 Å². The number of guanidine groups is 1. The summed E-state index contributed by atoms with van der Waals surface area (Å²) in [6.07, 6.45) is 1.82. The SMILES string of the molecule is O=C(O)C[C@H](NC(=O)CNC(=O)C1C=c2[nH]ncc2=C(NC2=NCC(F)CN2)C1)c1cc(Br)cc(OC(F)F)c1. The monoisotopic (exact) mass is 627 g/mol. The number of carbonyl (C=O) groups excluding carboxylic acids is 2. The molecular formula is C24H25BrF3N7O5. The average molecular weight is 628 g/mol. The largest absolute Gasteiger partial charge is 0.481 e. The number of fused-ring (bicyclic) bond motifs is 1. The van der Waals surface area contributed by atoms with E-state index in [0.29, 0.717) is 21.5 Å². The number of hydrogen-bond acceptors (Lipinski definition) is 8. The lowest BCUT2D eigenvalue weighted by atomic mass is 9.96. The van der Waals surface area contributed by atoms with Crippen LogP contribution in [0.15, 0.2) is 33.9 Å². The third kappa shape index (κ3) is 7.74. The predicted molar refractivity (Wildman–Crippen MR) is 139 cm³/mol. The summed E-state index contributed by atoms with van der Waals surface area (Å²) in [4.78, 5) is 41.2. The Morgan fingerprint density at radius 3 is 2.75 bits per heavy atom. The van der Waals surface area contributed by atoms with E-state index in [1.807, 2.05) is 0 Å². The van der Waals surface area contributed by atoms with Crippen LogP contribution >= 0.6 is 15.9 Å². The lowest BCUT2D eigenvalue weighted by Crippen LogP contribution is -2.48. The molecule has 6 N–H and O–H groups in total. The van der Waals surface area contributed by atoms with Crippen LogP contribution in [0.5, 0.6) is 5.75 Å². The van der Waals surface area contributed by atoms with E-state index in [9.17, 15) is 32.7 Å². The Morgan fingerprint density at radius 1 is 1.25 bits per heavy atom. The van der Waals surface area contributed by atoms with E-state index in [-0.39, 0.29) is 30.8 Å². The topological polar surface area (TPSA) is 170 Å². The molecule has 2 heterocycles. The van der Waals surface area contributed by atoms with E-state index in [0.717, 1.165) is 5.22 Å². The van der Waals surface area contributed by atoms with Gasteiger partial charge in [-0.05, 0) is 29.8 Å². The average Bonchev–Trinajstić information content (AvgIpc) is 3.36. The Labute approximate surface area is 233 Å². The van der Waals surface area contributed by atoms with Gasteiger partial charge in [-0.25, -0.2) is 9.38 Å². The lowest BCUT2D eigenvalue weighted by molar-refractivity contribution is -0.138. The minimum atomic E-state index is -3.10. The molecule has 1 aliphatic carbocycles. The number of halogens is 4. The fourth-order valence-electron chi connectivity index (χ4n) is 4.21. The van der Waals surface area contributed by atoms with Gasteiger partial charge in [0, 0.05) is 21.8 Å². The van der Waals surface area contributed by atoms with E-state index in [1.165, 1.54) is 18.2 Å². The number of rotatable bonds is 10. The normalized spacial score (nSPS) is 18.9. The second-order valence-electron chi connectivity index (χ2n) is 8.98. The molecular weight excluding hydrogens is 603 g/mol. The molecule has 214 valence electrons. The summed E-state index contributed by atoms with van der Waals surface area (Å²) in [5.41, 5.74) is 0.834. The Morgan fingerprint density at radius 2 is 2.05 bits per heavy atom. The Hall–Kier alpha value is -4.08. The number of ether oxygens (including phenoxy) is 1. The number of nitrogens with one attached hydrogen (secondary N) is 5. The highest BCUT2D eigenvalue weighted by Gasteiger charge is 2.25. The van der Waals surface area contributed by atoms with Gasteiger partial charge in [0.2, 0.25) is 11.8 Å². The molecule has 0 spiro atoms. The summed E-state index contributed by atoms with van der Waals surface area (Å²) in [6.45, 7) is -3.46. The second kappa shape index (κ2) is 12.8. The molecule has 16 heteroatoms. The zero-order valence-electron chi connectivity index (χ0n) is 20.7. The summed E-state index contributed by atoms with van der Waals surface area (Å²) in [5, 5.41) is 28.4. The number of aliphatic carboxylic acids is 1. The zero-order valence-corrected chi connectivity index (χ0v) is 22.3. The summed E-state index contributed by atoms with van der Waals surface area (Å²) in [5.74, 6) is -2.97. The van der Waals surface area contributed by atoms with Gasteiger partial charge < -0.3 is 31.1 Å². The lowest BCUT2D eigenvalue weighted by Gasteiger charge is -2.23. The van der Waals surface area contributed by atoms with Crippen molar-refractivity contribution >= 4 is 51.4 Å². The van der Waals surface area contributed by atoms with Gasteiger partial charge in [0.25, 0.3) is 0 Å². The van der Waals surface area contributed by atoms with E-state index >= 15 is 0 Å². The second-order valence-corrected chi connectivity index (χ2v) is 9.90. The maximum Gasteiger partial charge on any atom is 0.387 e. The van der Waals surface area contributed by atoms with Crippen LogP contribution in [-0.2, 0) is 14.4 Å². The van der Waals surface area contributed by atoms with Crippen LogP contribution in [0, 0.1) is 5.92 Å². The number of carbonyl (C=O) groups is 3. The first-order chi connectivity index (χ1) is 19.1. The Balaban J connectivity index is 1.40. The molecule has 0 saturated heterocycles. The van der Waals surface area contributed by atoms with Gasteiger partial charge in [0.1, 0.15) is 11.9 Å². The fourth-order valence-corrected chi connectivity index (χ4v) is 4.70. The summed E-state index contributed by atoms with van der Waals surface area (Å²) >= 11 is 3.16. The quantitative estimate of drug-likeness (QED) is 0.214. The fraction of sp³-hybridized carbons (Fsp3) is 0.375. The number of hydrogen-bond donors (Lipinski definition) is 6. The standard InChI is InChI=1S/C24H25BrF3N7O5/c25-13-1-11(2-15(5-13)40-23(27)28)17(6-21(37)38)33-20(36)10-29-22(39)12-3-18(16-9-32-35-19(16)4-12)34-24-30-7-14(26)8-31-24/h1-2,4-5,9,12,14,17,23,35H,3,6-8,10H2,(H,29,39)(H,33,36)(H,37,38)(H2,30,31,34)/t12?,17-/m0/s1. The third-order valence-electron chi connectivity index (χ3n) is 5.99. The number of amides is 2. The van der Waals surface area contributed by atoms with Crippen LogP contribution in [0.2, 0.25) is 0 Å². The molecule has 12 nitrogen and oxygen atoms in total. The first-order valence-electron chi connectivity index (χ1n) is 12.1. The summed E-state index contributed by atoms with van der Waals surface area (Å²) < 4.78 is 43.5. The van der Waals surface area contributed by atoms with Gasteiger partial charge in [-0.2, -0.15) is 13.9 Å². The van der Waals surface area contributed by atoms with Crippen LogP contribution in [0.3, 0.4) is 0 Å². The molecule has 0 saturated carbocycles. The number of carboxylic acid groups (broad SMARTS) is 1. The zero-order chi connectivity index (χ0) is 28.8. The molecule has 1 aromatic heterocycles. The minimum absolute atomic E-state index is 0.00930. The number of H-pyrrole nitrogens is 1. The number of aliphatic imine (C=N–C) groups is 1. The van der Waals surface area contributed by atoms with E-state index < -0.39 is 55.5 Å². The van der Waals surface area contributed by atoms with Crippen molar-refractivity contribution in [2.45, 2.75) is 31.7 Å². The van der Waals surface area contributed by atoms with Gasteiger partial charge in [-0.15, -0.1) is 0 Å². The van der Waals surface area contributed by atoms with Crippen molar-refractivity contribution < 1.29 is 37.4 Å². The van der Waals surface area contributed by atoms with Crippen LogP contribution in [0.1, 0.15) is 24.4 Å². The smallest absolute Gasteiger partial charge is 0.387 e. The van der Waals surface area contributed by atoms with Crippen molar-refractivity contribution in [1.82, 2.24) is 31.5 Å². The predicted octanol–water partition coefficient (Wildman–Crippen LogP) is 0.0175. The van der Waals surface area contributed by atoms with Gasteiger partial charge in [0.15, 0.2) is 5.96 Å². The van der Waals surface area contributed by atoms with E-state index in [1.54, 1.807) is 12.3 Å².